The Labute approximate surface area is 98.8 Å². The van der Waals surface area contributed by atoms with Gasteiger partial charge in [0.05, 0.1) is 16.9 Å². The third-order valence-electron chi connectivity index (χ3n) is 2.61. The molecule has 4 nitrogen and oxygen atoms in total. The molecule has 1 aromatic heterocycles. The van der Waals surface area contributed by atoms with Crippen LogP contribution in [-0.2, 0) is 0 Å². The van der Waals surface area contributed by atoms with Gasteiger partial charge in [-0.1, -0.05) is 18.2 Å². The van der Waals surface area contributed by atoms with Gasteiger partial charge < -0.3 is 0 Å². The van der Waals surface area contributed by atoms with Gasteiger partial charge in [0.2, 0.25) is 0 Å². The molecule has 4 heteroatoms. The van der Waals surface area contributed by atoms with Gasteiger partial charge in [-0.15, -0.1) is 0 Å². The van der Waals surface area contributed by atoms with Crippen molar-refractivity contribution in [3.8, 4) is 11.8 Å². The van der Waals surface area contributed by atoms with Crippen molar-refractivity contribution in [1.82, 2.24) is 9.78 Å². The molecule has 0 fully saturated rings. The van der Waals surface area contributed by atoms with E-state index in [2.05, 4.69) is 5.10 Å². The highest BCUT2D eigenvalue weighted by atomic mass is 16.1. The Kier molecular flexibility index (Phi) is 2.75. The van der Waals surface area contributed by atoms with Crippen molar-refractivity contribution in [3.05, 3.63) is 57.5 Å². The number of benzene rings is 1. The summed E-state index contributed by atoms with van der Waals surface area (Å²) >= 11 is 0. The second-order valence-electron chi connectivity index (χ2n) is 3.75. The van der Waals surface area contributed by atoms with Crippen LogP contribution in [0.3, 0.4) is 0 Å². The van der Waals surface area contributed by atoms with Gasteiger partial charge >= 0.3 is 0 Å². The molecule has 17 heavy (non-hydrogen) atoms. The lowest BCUT2D eigenvalue weighted by Crippen LogP contribution is -2.25. The minimum atomic E-state index is -0.252. The summed E-state index contributed by atoms with van der Waals surface area (Å²) in [5.41, 5.74) is 1.81. The summed E-state index contributed by atoms with van der Waals surface area (Å²) in [6, 6.07) is 11.2. The topological polar surface area (TPSA) is 58.7 Å². The SMILES string of the molecule is Cc1nn(-c2ccccc2)c(=O)c(C)c1C#N. The van der Waals surface area contributed by atoms with E-state index in [9.17, 15) is 4.79 Å². The molecule has 0 radical (unpaired) electrons. The van der Waals surface area contributed by atoms with Gasteiger partial charge in [-0.05, 0) is 26.0 Å². The van der Waals surface area contributed by atoms with Crippen molar-refractivity contribution >= 4 is 0 Å². The molecule has 84 valence electrons. The maximum absolute atomic E-state index is 12.1. The van der Waals surface area contributed by atoms with E-state index < -0.39 is 0 Å². The van der Waals surface area contributed by atoms with Crippen LogP contribution in [0, 0.1) is 25.2 Å². The van der Waals surface area contributed by atoms with E-state index in [1.165, 1.54) is 4.68 Å². The molecule has 0 saturated heterocycles. The van der Waals surface area contributed by atoms with Crippen LogP contribution in [0.2, 0.25) is 0 Å². The minimum Gasteiger partial charge on any atom is -0.267 e. The maximum atomic E-state index is 12.1. The summed E-state index contributed by atoms with van der Waals surface area (Å²) in [5, 5.41) is 13.1. The van der Waals surface area contributed by atoms with E-state index in [0.29, 0.717) is 22.5 Å². The summed E-state index contributed by atoms with van der Waals surface area (Å²) < 4.78 is 1.32. The van der Waals surface area contributed by atoms with E-state index in [4.69, 9.17) is 5.26 Å². The highest BCUT2D eigenvalue weighted by Crippen LogP contribution is 2.08. The van der Waals surface area contributed by atoms with E-state index >= 15 is 0 Å². The van der Waals surface area contributed by atoms with Gasteiger partial charge in [-0.3, -0.25) is 4.79 Å². The normalized spacial score (nSPS) is 9.94. The number of para-hydroxylation sites is 1. The molecular weight excluding hydrogens is 214 g/mol. The molecule has 2 rings (SSSR count). The predicted octanol–water partition coefficient (Wildman–Crippen LogP) is 1.72. The monoisotopic (exact) mass is 225 g/mol. The lowest BCUT2D eigenvalue weighted by Gasteiger charge is -2.08. The van der Waals surface area contributed by atoms with Crippen LogP contribution in [-0.4, -0.2) is 9.78 Å². The smallest absolute Gasteiger partial charge is 0.267 e. The maximum Gasteiger partial charge on any atom is 0.275 e. The van der Waals surface area contributed by atoms with Gasteiger partial charge in [0, 0.05) is 5.56 Å². The van der Waals surface area contributed by atoms with E-state index in [0.717, 1.165) is 0 Å². The average Bonchev–Trinajstić information content (AvgIpc) is 2.35. The predicted molar refractivity (Wildman–Crippen MR) is 64.0 cm³/mol. The zero-order chi connectivity index (χ0) is 12.4. The molecule has 1 heterocycles. The van der Waals surface area contributed by atoms with Crippen molar-refractivity contribution in [2.75, 3.05) is 0 Å². The van der Waals surface area contributed by atoms with Crippen LogP contribution in [0.4, 0.5) is 0 Å². The summed E-state index contributed by atoms with van der Waals surface area (Å²) in [4.78, 5) is 12.1. The molecule has 0 N–H and O–H groups in total. The van der Waals surface area contributed by atoms with E-state index in [-0.39, 0.29) is 5.56 Å². The second kappa shape index (κ2) is 4.22. The number of aromatic nitrogens is 2. The van der Waals surface area contributed by atoms with E-state index in [1.54, 1.807) is 26.0 Å². The molecule has 0 aliphatic rings. The molecule has 0 atom stereocenters. The third kappa shape index (κ3) is 1.83. The largest absolute Gasteiger partial charge is 0.275 e. The summed E-state index contributed by atoms with van der Waals surface area (Å²) in [7, 11) is 0. The molecule has 0 aliphatic carbocycles. The first-order chi connectivity index (χ1) is 8.15. The lowest BCUT2D eigenvalue weighted by atomic mass is 10.1. The number of nitrogens with zero attached hydrogens (tertiary/aromatic N) is 3. The molecule has 0 bridgehead atoms. The first-order valence-electron chi connectivity index (χ1n) is 5.21. The number of nitriles is 1. The molecule has 0 spiro atoms. The number of rotatable bonds is 1. The fourth-order valence-corrected chi connectivity index (χ4v) is 1.69. The Hall–Kier alpha value is -2.41. The minimum absolute atomic E-state index is 0.252. The fraction of sp³-hybridized carbons (Fsp3) is 0.154. The van der Waals surface area contributed by atoms with Crippen LogP contribution < -0.4 is 5.56 Å². The number of hydrogen-bond donors (Lipinski definition) is 0. The van der Waals surface area contributed by atoms with Gasteiger partial charge in [-0.25, -0.2) is 0 Å². The Morgan fingerprint density at radius 2 is 1.88 bits per heavy atom. The van der Waals surface area contributed by atoms with Crippen LogP contribution >= 0.6 is 0 Å². The van der Waals surface area contributed by atoms with Crippen molar-refractivity contribution in [2.45, 2.75) is 13.8 Å². The van der Waals surface area contributed by atoms with Crippen molar-refractivity contribution < 1.29 is 0 Å². The molecule has 1 aromatic carbocycles. The summed E-state index contributed by atoms with van der Waals surface area (Å²) in [6.45, 7) is 3.37. The zero-order valence-corrected chi connectivity index (χ0v) is 9.64. The van der Waals surface area contributed by atoms with E-state index in [1.807, 2.05) is 24.3 Å². The van der Waals surface area contributed by atoms with Gasteiger partial charge in [0.15, 0.2) is 0 Å². The van der Waals surface area contributed by atoms with Crippen molar-refractivity contribution in [1.29, 1.82) is 5.26 Å². The second-order valence-corrected chi connectivity index (χ2v) is 3.75. The van der Waals surface area contributed by atoms with Crippen molar-refractivity contribution in [2.24, 2.45) is 0 Å². The third-order valence-corrected chi connectivity index (χ3v) is 2.61. The molecule has 0 saturated carbocycles. The molecule has 0 amide bonds. The number of aryl methyl sites for hydroxylation is 1. The van der Waals surface area contributed by atoms with Crippen LogP contribution in [0.15, 0.2) is 35.1 Å². The van der Waals surface area contributed by atoms with Crippen LogP contribution in [0.25, 0.3) is 5.69 Å². The Balaban J connectivity index is 2.76. The zero-order valence-electron chi connectivity index (χ0n) is 9.64. The molecule has 0 unspecified atom stereocenters. The highest BCUT2D eigenvalue weighted by Gasteiger charge is 2.11. The van der Waals surface area contributed by atoms with Crippen LogP contribution in [0.5, 0.6) is 0 Å². The van der Waals surface area contributed by atoms with Gasteiger partial charge in [-0.2, -0.15) is 15.0 Å². The molecule has 2 aromatic rings. The Bertz CT molecular complexity index is 651. The first kappa shape index (κ1) is 11.1. The molecule has 0 aliphatic heterocycles. The van der Waals surface area contributed by atoms with Crippen LogP contribution in [0.1, 0.15) is 16.8 Å². The Morgan fingerprint density at radius 3 is 2.47 bits per heavy atom. The Morgan fingerprint density at radius 1 is 1.24 bits per heavy atom. The summed E-state index contributed by atoms with van der Waals surface area (Å²) in [5.74, 6) is 0. The fourth-order valence-electron chi connectivity index (χ4n) is 1.69. The van der Waals surface area contributed by atoms with Gasteiger partial charge in [0.25, 0.3) is 5.56 Å². The highest BCUT2D eigenvalue weighted by molar-refractivity contribution is 5.40. The summed E-state index contributed by atoms with van der Waals surface area (Å²) in [6.07, 6.45) is 0. The molecular formula is C13H11N3O. The van der Waals surface area contributed by atoms with Crippen molar-refractivity contribution in [3.63, 3.8) is 0 Å². The lowest BCUT2D eigenvalue weighted by molar-refractivity contribution is 0.772. The standard InChI is InChI=1S/C13H11N3O/c1-9-12(8-14)10(2)15-16(13(9)17)11-6-4-3-5-7-11/h3-7H,1-2H3. The quantitative estimate of drug-likeness (QED) is 0.742. The van der Waals surface area contributed by atoms with Gasteiger partial charge in [0.1, 0.15) is 6.07 Å². The number of hydrogen-bond acceptors (Lipinski definition) is 3. The first-order valence-corrected chi connectivity index (χ1v) is 5.21. The average molecular weight is 225 g/mol.